The van der Waals surface area contributed by atoms with Crippen LogP contribution in [0.2, 0.25) is 18.1 Å². The predicted octanol–water partition coefficient (Wildman–Crippen LogP) is 7.30. The van der Waals surface area contributed by atoms with E-state index in [2.05, 4.69) is 33.9 Å². The highest BCUT2D eigenvalue weighted by molar-refractivity contribution is 6.74. The second-order valence-corrected chi connectivity index (χ2v) is 16.8. The van der Waals surface area contributed by atoms with E-state index in [1.165, 1.54) is 38.5 Å². The molecule has 2 heterocycles. The largest absolute Gasteiger partial charge is 0.460 e. The number of ether oxygens (including phenoxy) is 3. The molecular formula is C27H50O5Si. The van der Waals surface area contributed by atoms with Gasteiger partial charge in [-0.3, -0.25) is 0 Å². The highest BCUT2D eigenvalue weighted by Gasteiger charge is 2.48. The van der Waals surface area contributed by atoms with Gasteiger partial charge in [0.15, 0.2) is 14.1 Å². The summed E-state index contributed by atoms with van der Waals surface area (Å²) in [6.45, 7) is 17.1. The molecule has 0 bridgehead atoms. The lowest BCUT2D eigenvalue weighted by Gasteiger charge is -2.40. The van der Waals surface area contributed by atoms with Crippen LogP contribution in [0.4, 0.5) is 0 Å². The van der Waals surface area contributed by atoms with Gasteiger partial charge in [0.25, 0.3) is 0 Å². The topological polar surface area (TPSA) is 54.0 Å². The zero-order valence-electron chi connectivity index (χ0n) is 22.6. The van der Waals surface area contributed by atoms with Crippen LogP contribution in [0.1, 0.15) is 106 Å². The van der Waals surface area contributed by atoms with Crippen LogP contribution in [-0.4, -0.2) is 44.5 Å². The summed E-state index contributed by atoms with van der Waals surface area (Å²) in [6.07, 6.45) is 14.4. The van der Waals surface area contributed by atoms with Gasteiger partial charge in [0, 0.05) is 6.08 Å². The smallest absolute Gasteiger partial charge is 0.330 e. The molecule has 1 saturated heterocycles. The quantitative estimate of drug-likeness (QED) is 0.305. The van der Waals surface area contributed by atoms with Crippen molar-refractivity contribution in [3.63, 3.8) is 0 Å². The van der Waals surface area contributed by atoms with Crippen molar-refractivity contribution in [1.29, 1.82) is 0 Å². The third-order valence-corrected chi connectivity index (χ3v) is 11.8. The van der Waals surface area contributed by atoms with Gasteiger partial charge in [-0.1, -0.05) is 65.7 Å². The lowest BCUT2D eigenvalue weighted by molar-refractivity contribution is -0.152. The molecule has 1 fully saturated rings. The Kier molecular flexibility index (Phi) is 10.7. The molecule has 4 atom stereocenters. The van der Waals surface area contributed by atoms with Gasteiger partial charge in [0.1, 0.15) is 6.10 Å². The summed E-state index contributed by atoms with van der Waals surface area (Å²) >= 11 is 0. The van der Waals surface area contributed by atoms with Gasteiger partial charge >= 0.3 is 5.97 Å². The van der Waals surface area contributed by atoms with E-state index >= 15 is 0 Å². The van der Waals surface area contributed by atoms with Crippen molar-refractivity contribution in [3.05, 3.63) is 12.2 Å². The maximum atomic E-state index is 12.6. The molecule has 192 valence electrons. The molecule has 0 saturated carbocycles. The number of carbonyl (C=O) groups is 1. The van der Waals surface area contributed by atoms with E-state index in [1.54, 1.807) is 6.08 Å². The number of esters is 1. The maximum Gasteiger partial charge on any atom is 0.330 e. The Hall–Kier alpha value is -0.693. The SMILES string of the molecule is C[C@H]1CCCCCCCCCC[C@@H]2OC(C)(C)O[C@H]2[C@@H](O[Si](C)(C)C(C)(C)C)/C=C/C(=O)O1. The summed E-state index contributed by atoms with van der Waals surface area (Å²) in [5, 5.41) is 0.0480. The second kappa shape index (κ2) is 12.3. The molecule has 2 rings (SSSR count). The highest BCUT2D eigenvalue weighted by atomic mass is 28.4. The number of rotatable bonds is 2. The molecular weight excluding hydrogens is 432 g/mol. The van der Waals surface area contributed by atoms with Gasteiger partial charge in [-0.25, -0.2) is 4.79 Å². The summed E-state index contributed by atoms with van der Waals surface area (Å²) in [5.41, 5.74) is 0. The van der Waals surface area contributed by atoms with Crippen molar-refractivity contribution in [1.82, 2.24) is 0 Å². The molecule has 0 spiro atoms. The van der Waals surface area contributed by atoms with Gasteiger partial charge in [-0.15, -0.1) is 0 Å². The van der Waals surface area contributed by atoms with Gasteiger partial charge in [0.05, 0.1) is 18.3 Å². The third-order valence-electron chi connectivity index (χ3n) is 7.37. The van der Waals surface area contributed by atoms with E-state index in [4.69, 9.17) is 18.6 Å². The first-order chi connectivity index (χ1) is 15.3. The van der Waals surface area contributed by atoms with Crippen LogP contribution in [0.25, 0.3) is 0 Å². The Balaban J connectivity index is 2.26. The Labute approximate surface area is 204 Å². The second-order valence-electron chi connectivity index (χ2n) is 12.0. The van der Waals surface area contributed by atoms with E-state index in [-0.39, 0.29) is 35.4 Å². The molecule has 0 amide bonds. The first-order valence-corrected chi connectivity index (χ1v) is 16.1. The fraction of sp³-hybridized carbons (Fsp3) is 0.889. The summed E-state index contributed by atoms with van der Waals surface area (Å²) in [7, 11) is -2.11. The van der Waals surface area contributed by atoms with Crippen molar-refractivity contribution in [3.8, 4) is 0 Å². The monoisotopic (exact) mass is 482 g/mol. The highest BCUT2D eigenvalue weighted by Crippen LogP contribution is 2.40. The zero-order valence-corrected chi connectivity index (χ0v) is 23.6. The fourth-order valence-corrected chi connectivity index (χ4v) is 5.65. The molecule has 0 aliphatic carbocycles. The van der Waals surface area contributed by atoms with E-state index in [1.807, 2.05) is 26.8 Å². The van der Waals surface area contributed by atoms with Crippen molar-refractivity contribution < 1.29 is 23.4 Å². The number of hydrogen-bond donors (Lipinski definition) is 0. The van der Waals surface area contributed by atoms with Crippen LogP contribution in [0, 0.1) is 0 Å². The van der Waals surface area contributed by atoms with Crippen LogP contribution in [0.3, 0.4) is 0 Å². The van der Waals surface area contributed by atoms with Crippen LogP contribution in [-0.2, 0) is 23.4 Å². The molecule has 5 nitrogen and oxygen atoms in total. The molecule has 0 radical (unpaired) electrons. The maximum absolute atomic E-state index is 12.6. The molecule has 2 aliphatic heterocycles. The van der Waals surface area contributed by atoms with Crippen molar-refractivity contribution in [2.45, 2.75) is 154 Å². The number of fused-ring (bicyclic) bond motifs is 1. The first-order valence-electron chi connectivity index (χ1n) is 13.2. The molecule has 0 aromatic carbocycles. The van der Waals surface area contributed by atoms with E-state index < -0.39 is 14.1 Å². The molecule has 2 aliphatic rings. The van der Waals surface area contributed by atoms with Crippen LogP contribution >= 0.6 is 0 Å². The van der Waals surface area contributed by atoms with Crippen molar-refractivity contribution in [2.24, 2.45) is 0 Å². The van der Waals surface area contributed by atoms with Gasteiger partial charge < -0.3 is 18.6 Å². The minimum atomic E-state index is -2.11. The molecule has 33 heavy (non-hydrogen) atoms. The summed E-state index contributed by atoms with van der Waals surface area (Å²) in [4.78, 5) is 12.6. The first kappa shape index (κ1) is 28.5. The van der Waals surface area contributed by atoms with Gasteiger partial charge in [-0.2, -0.15) is 0 Å². The molecule has 0 N–H and O–H groups in total. The third kappa shape index (κ3) is 9.46. The molecule has 6 heteroatoms. The Morgan fingerprint density at radius 2 is 1.48 bits per heavy atom. The fourth-order valence-electron chi connectivity index (χ4n) is 4.41. The average Bonchev–Trinajstić information content (AvgIpc) is 2.99. The average molecular weight is 483 g/mol. The van der Waals surface area contributed by atoms with E-state index in [0.29, 0.717) is 0 Å². The Bertz CT molecular complexity index is 637. The molecule has 0 aromatic heterocycles. The van der Waals surface area contributed by atoms with Crippen LogP contribution in [0.15, 0.2) is 12.2 Å². The van der Waals surface area contributed by atoms with Crippen molar-refractivity contribution in [2.75, 3.05) is 0 Å². The predicted molar refractivity (Wildman–Crippen MR) is 137 cm³/mol. The normalized spacial score (nSPS) is 32.3. The van der Waals surface area contributed by atoms with Gasteiger partial charge in [0.2, 0.25) is 0 Å². The van der Waals surface area contributed by atoms with E-state index in [0.717, 1.165) is 25.7 Å². The van der Waals surface area contributed by atoms with Gasteiger partial charge in [-0.05, 0) is 64.2 Å². The lowest BCUT2D eigenvalue weighted by atomic mass is 10.00. The van der Waals surface area contributed by atoms with Crippen LogP contribution in [0.5, 0.6) is 0 Å². The van der Waals surface area contributed by atoms with Crippen molar-refractivity contribution >= 4 is 14.3 Å². The standard InChI is InChI=1S/C27H50O5Si/c1-21-17-15-13-11-9-10-12-14-16-18-22-25(31-27(5,6)30-22)23(19-20-24(28)29-21)32-33(7,8)26(2,3)4/h19-23,25H,9-18H2,1-8H3/b20-19+/t21-,22-,23-,25+/m0/s1. The number of hydrogen-bond acceptors (Lipinski definition) is 5. The Morgan fingerprint density at radius 3 is 2.06 bits per heavy atom. The minimum Gasteiger partial charge on any atom is -0.460 e. The lowest BCUT2D eigenvalue weighted by Crippen LogP contribution is -2.48. The molecule has 0 unspecified atom stereocenters. The minimum absolute atomic E-state index is 0.0479. The molecule has 0 aromatic rings. The summed E-state index contributed by atoms with van der Waals surface area (Å²) in [5.74, 6) is -0.964. The van der Waals surface area contributed by atoms with E-state index in [9.17, 15) is 4.79 Å². The van der Waals surface area contributed by atoms with Crippen LogP contribution < -0.4 is 0 Å². The summed E-state index contributed by atoms with van der Waals surface area (Å²) < 4.78 is 25.2. The Morgan fingerprint density at radius 1 is 0.939 bits per heavy atom. The number of cyclic esters (lactones) is 1. The number of carbonyl (C=O) groups excluding carboxylic acids is 1. The zero-order chi connectivity index (χ0) is 24.7. The summed E-state index contributed by atoms with van der Waals surface area (Å²) in [6, 6.07) is 0.